The van der Waals surface area contributed by atoms with Gasteiger partial charge in [-0.05, 0) is 18.6 Å². The normalized spacial score (nSPS) is 12.5. The van der Waals surface area contributed by atoms with Gasteiger partial charge in [0.25, 0.3) is 0 Å². The van der Waals surface area contributed by atoms with Gasteiger partial charge in [0, 0.05) is 12.6 Å². The van der Waals surface area contributed by atoms with Gasteiger partial charge in [-0.15, -0.1) is 0 Å². The molecule has 5 heteroatoms. The minimum atomic E-state index is -1.02. The number of aliphatic hydroxyl groups is 1. The maximum absolute atomic E-state index is 13.0. The summed E-state index contributed by atoms with van der Waals surface area (Å²) in [6.45, 7) is -0.0168. The molecule has 0 aromatic heterocycles. The van der Waals surface area contributed by atoms with Crippen LogP contribution < -0.4 is 10.5 Å². The predicted octanol–water partition coefficient (Wildman–Crippen LogP) is 1.05. The zero-order valence-electron chi connectivity index (χ0n) is 8.12. The fraction of sp³-hybridized carbons (Fsp3) is 0.400. The van der Waals surface area contributed by atoms with Crippen molar-refractivity contribution >= 4 is 0 Å². The summed E-state index contributed by atoms with van der Waals surface area (Å²) in [6, 6.07) is 3.29. The lowest BCUT2D eigenvalue weighted by Gasteiger charge is -2.12. The molecule has 15 heavy (non-hydrogen) atoms. The summed E-state index contributed by atoms with van der Waals surface area (Å²) in [4.78, 5) is 0. The monoisotopic (exact) mass is 217 g/mol. The Bertz CT molecular complexity index is 320. The highest BCUT2D eigenvalue weighted by atomic mass is 19.2. The third-order valence-electron chi connectivity index (χ3n) is 1.87. The topological polar surface area (TPSA) is 55.5 Å². The third-order valence-corrected chi connectivity index (χ3v) is 1.87. The second-order valence-corrected chi connectivity index (χ2v) is 3.14. The second-order valence-electron chi connectivity index (χ2n) is 3.14. The fourth-order valence-corrected chi connectivity index (χ4v) is 1.04. The van der Waals surface area contributed by atoms with Crippen LogP contribution in [0.3, 0.4) is 0 Å². The van der Waals surface area contributed by atoms with Crippen LogP contribution in [0.1, 0.15) is 6.42 Å². The molecule has 1 rings (SSSR count). The van der Waals surface area contributed by atoms with Gasteiger partial charge in [0.1, 0.15) is 6.61 Å². The lowest BCUT2D eigenvalue weighted by molar-refractivity contribution is 0.227. The van der Waals surface area contributed by atoms with Crippen LogP contribution in [0, 0.1) is 11.6 Å². The van der Waals surface area contributed by atoms with Gasteiger partial charge in [-0.25, -0.2) is 4.39 Å². The van der Waals surface area contributed by atoms with Crippen molar-refractivity contribution in [1.29, 1.82) is 0 Å². The van der Waals surface area contributed by atoms with Crippen LogP contribution >= 0.6 is 0 Å². The molecule has 0 amide bonds. The van der Waals surface area contributed by atoms with E-state index in [1.807, 2.05) is 0 Å². The van der Waals surface area contributed by atoms with Crippen LogP contribution in [0.5, 0.6) is 5.75 Å². The molecule has 0 bridgehead atoms. The van der Waals surface area contributed by atoms with Crippen molar-refractivity contribution in [2.75, 3.05) is 13.2 Å². The Labute approximate surface area is 86.5 Å². The first kappa shape index (κ1) is 11.9. The minimum Gasteiger partial charge on any atom is -0.489 e. The molecule has 0 saturated heterocycles. The predicted molar refractivity (Wildman–Crippen MR) is 51.5 cm³/mol. The quantitative estimate of drug-likeness (QED) is 0.775. The molecule has 3 nitrogen and oxygen atoms in total. The molecular weight excluding hydrogens is 204 g/mol. The summed E-state index contributed by atoms with van der Waals surface area (Å²) in [5.41, 5.74) is 5.52. The smallest absolute Gasteiger partial charge is 0.200 e. The second kappa shape index (κ2) is 5.63. The third kappa shape index (κ3) is 3.45. The van der Waals surface area contributed by atoms with Gasteiger partial charge in [0.15, 0.2) is 11.6 Å². The minimum absolute atomic E-state index is 0.0426. The molecule has 1 aromatic carbocycles. The zero-order valence-corrected chi connectivity index (χ0v) is 8.12. The van der Waals surface area contributed by atoms with E-state index >= 15 is 0 Å². The first-order chi connectivity index (χ1) is 7.15. The molecule has 0 aliphatic heterocycles. The lowest BCUT2D eigenvalue weighted by atomic mass is 10.2. The molecule has 1 unspecified atom stereocenters. The molecule has 0 heterocycles. The SMILES string of the molecule is NC(CCO)COc1cccc(F)c1F. The molecular formula is C10H13F2NO2. The Morgan fingerprint density at radius 1 is 1.40 bits per heavy atom. The number of nitrogens with two attached hydrogens (primary N) is 1. The summed E-state index contributed by atoms with van der Waals surface area (Å²) in [5.74, 6) is -2.14. The highest BCUT2D eigenvalue weighted by Gasteiger charge is 2.10. The largest absolute Gasteiger partial charge is 0.489 e. The van der Waals surface area contributed by atoms with Crippen LogP contribution in [-0.2, 0) is 0 Å². The molecule has 0 aliphatic rings. The number of hydrogen-bond donors (Lipinski definition) is 2. The number of aliphatic hydroxyl groups excluding tert-OH is 1. The maximum Gasteiger partial charge on any atom is 0.200 e. The Balaban J connectivity index is 2.54. The molecule has 0 fully saturated rings. The Morgan fingerprint density at radius 2 is 2.13 bits per heavy atom. The first-order valence-corrected chi connectivity index (χ1v) is 4.58. The van der Waals surface area contributed by atoms with E-state index in [1.54, 1.807) is 0 Å². The van der Waals surface area contributed by atoms with E-state index in [0.29, 0.717) is 6.42 Å². The summed E-state index contributed by atoms with van der Waals surface area (Å²) in [6.07, 6.45) is 0.358. The summed E-state index contributed by atoms with van der Waals surface area (Å²) in [7, 11) is 0. The van der Waals surface area contributed by atoms with Crippen molar-refractivity contribution < 1.29 is 18.6 Å². The molecule has 0 aliphatic carbocycles. The van der Waals surface area contributed by atoms with Crippen molar-refractivity contribution in [2.24, 2.45) is 5.73 Å². The van der Waals surface area contributed by atoms with Gasteiger partial charge < -0.3 is 15.6 Å². The van der Waals surface area contributed by atoms with Crippen molar-refractivity contribution in [2.45, 2.75) is 12.5 Å². The number of benzene rings is 1. The van der Waals surface area contributed by atoms with E-state index in [4.69, 9.17) is 15.6 Å². The first-order valence-electron chi connectivity index (χ1n) is 4.58. The van der Waals surface area contributed by atoms with Crippen LogP contribution in [0.25, 0.3) is 0 Å². The van der Waals surface area contributed by atoms with Crippen LogP contribution in [0.15, 0.2) is 18.2 Å². The highest BCUT2D eigenvalue weighted by Crippen LogP contribution is 2.19. The Kier molecular flexibility index (Phi) is 4.45. The van der Waals surface area contributed by atoms with Gasteiger partial charge in [0.2, 0.25) is 5.82 Å². The van der Waals surface area contributed by atoms with Gasteiger partial charge >= 0.3 is 0 Å². The van der Waals surface area contributed by atoms with E-state index in [2.05, 4.69) is 0 Å². The van der Waals surface area contributed by atoms with Crippen molar-refractivity contribution in [3.8, 4) is 5.75 Å². The van der Waals surface area contributed by atoms with E-state index in [1.165, 1.54) is 12.1 Å². The van der Waals surface area contributed by atoms with Gasteiger partial charge in [-0.3, -0.25) is 0 Å². The maximum atomic E-state index is 13.0. The molecule has 0 radical (unpaired) electrons. The van der Waals surface area contributed by atoms with Crippen LogP contribution in [0.4, 0.5) is 8.78 Å². The molecule has 0 saturated carbocycles. The molecule has 84 valence electrons. The fourth-order valence-electron chi connectivity index (χ4n) is 1.04. The average Bonchev–Trinajstić information content (AvgIpc) is 2.21. The summed E-state index contributed by atoms with van der Waals surface area (Å²) < 4.78 is 30.8. The van der Waals surface area contributed by atoms with Gasteiger partial charge in [0.05, 0.1) is 0 Å². The Morgan fingerprint density at radius 3 is 2.80 bits per heavy atom. The average molecular weight is 217 g/mol. The number of hydrogen-bond acceptors (Lipinski definition) is 3. The number of halogens is 2. The van der Waals surface area contributed by atoms with E-state index in [0.717, 1.165) is 6.07 Å². The molecule has 1 atom stereocenters. The number of ether oxygens (including phenoxy) is 1. The lowest BCUT2D eigenvalue weighted by Crippen LogP contribution is -2.29. The van der Waals surface area contributed by atoms with Crippen molar-refractivity contribution in [3.05, 3.63) is 29.8 Å². The summed E-state index contributed by atoms with van der Waals surface area (Å²) >= 11 is 0. The Hall–Kier alpha value is -1.20. The van der Waals surface area contributed by atoms with Crippen molar-refractivity contribution in [1.82, 2.24) is 0 Å². The van der Waals surface area contributed by atoms with Gasteiger partial charge in [-0.1, -0.05) is 6.07 Å². The van der Waals surface area contributed by atoms with Crippen LogP contribution in [-0.4, -0.2) is 24.4 Å². The van der Waals surface area contributed by atoms with Crippen molar-refractivity contribution in [3.63, 3.8) is 0 Å². The van der Waals surface area contributed by atoms with Gasteiger partial charge in [-0.2, -0.15) is 4.39 Å². The van der Waals surface area contributed by atoms with E-state index < -0.39 is 17.7 Å². The van der Waals surface area contributed by atoms with E-state index in [9.17, 15) is 8.78 Å². The van der Waals surface area contributed by atoms with Crippen LogP contribution in [0.2, 0.25) is 0 Å². The standard InChI is InChI=1S/C10H13F2NO2/c11-8-2-1-3-9(10(8)12)15-6-7(13)4-5-14/h1-3,7,14H,4-6,13H2. The highest BCUT2D eigenvalue weighted by molar-refractivity contribution is 5.25. The molecule has 1 aromatic rings. The molecule has 0 spiro atoms. The summed E-state index contributed by atoms with van der Waals surface area (Å²) in [5, 5.41) is 8.56. The zero-order chi connectivity index (χ0) is 11.3. The number of rotatable bonds is 5. The van der Waals surface area contributed by atoms with E-state index in [-0.39, 0.29) is 19.0 Å². The molecule has 3 N–H and O–H groups in total.